The third-order valence-corrected chi connectivity index (χ3v) is 3.66. The van der Waals surface area contributed by atoms with E-state index in [1.807, 2.05) is 0 Å². The Bertz CT molecular complexity index is 112. The molecule has 0 bridgehead atoms. The maximum atomic E-state index is 9.49. The first-order chi connectivity index (χ1) is 5.58. The van der Waals surface area contributed by atoms with Gasteiger partial charge in [-0.15, -0.1) is 0 Å². The molecule has 0 atom stereocenters. The second-order valence-electron chi connectivity index (χ2n) is 2.47. The molecule has 0 aliphatic carbocycles. The minimum atomic E-state index is -3.29. The van der Waals surface area contributed by atoms with E-state index in [9.17, 15) is 9.79 Å². The molecule has 0 aliphatic heterocycles. The van der Waals surface area contributed by atoms with Gasteiger partial charge in [0.2, 0.25) is 0 Å². The van der Waals surface area contributed by atoms with Gasteiger partial charge in [-0.05, 0) is 0 Å². The zero-order chi connectivity index (χ0) is 9.61. The average molecular weight is 198 g/mol. The number of hydrogen-bond donors (Lipinski definition) is 2. The van der Waals surface area contributed by atoms with Crippen LogP contribution in [0.15, 0.2) is 0 Å². The normalized spacial score (nSPS) is 13.8. The molecule has 0 radical (unpaired) electrons. The molecule has 0 saturated heterocycles. The maximum absolute atomic E-state index is 9.49. The van der Waals surface area contributed by atoms with Crippen LogP contribution < -0.4 is 0 Å². The van der Waals surface area contributed by atoms with Crippen molar-refractivity contribution in [3.8, 4) is 0 Å². The summed E-state index contributed by atoms with van der Waals surface area (Å²) in [4.78, 5) is 19.0. The zero-order valence-electron chi connectivity index (χ0n) is 7.91. The molecule has 0 fully saturated rings. The van der Waals surface area contributed by atoms with Crippen LogP contribution >= 0.6 is 7.72 Å². The SMILES string of the molecule is CCOC(OCC)[PH](O)(O)CC. The van der Waals surface area contributed by atoms with E-state index in [1.54, 1.807) is 20.8 Å². The van der Waals surface area contributed by atoms with Crippen LogP contribution in [-0.2, 0) is 9.47 Å². The molecule has 0 aromatic heterocycles. The van der Waals surface area contributed by atoms with Gasteiger partial charge in [0, 0.05) is 0 Å². The van der Waals surface area contributed by atoms with Gasteiger partial charge < -0.3 is 0 Å². The van der Waals surface area contributed by atoms with Crippen molar-refractivity contribution in [3.63, 3.8) is 0 Å². The molecule has 0 aromatic rings. The standard InChI is InChI=1S/C7H19O4P/c1-4-10-7(11-5-2)12(8,9)6-3/h7-9,12H,4-6H2,1-3H3. The van der Waals surface area contributed by atoms with Crippen LogP contribution in [-0.4, -0.2) is 35.2 Å². The molecule has 76 valence electrons. The van der Waals surface area contributed by atoms with Gasteiger partial charge in [0.1, 0.15) is 0 Å². The fourth-order valence-electron chi connectivity index (χ4n) is 0.784. The van der Waals surface area contributed by atoms with E-state index in [0.717, 1.165) is 0 Å². The topological polar surface area (TPSA) is 58.9 Å². The Kier molecular flexibility index (Phi) is 5.97. The van der Waals surface area contributed by atoms with E-state index in [4.69, 9.17) is 9.47 Å². The van der Waals surface area contributed by atoms with Gasteiger partial charge in [0.25, 0.3) is 0 Å². The molecule has 0 saturated carbocycles. The number of hydrogen-bond acceptors (Lipinski definition) is 4. The van der Waals surface area contributed by atoms with Crippen molar-refractivity contribution in [2.75, 3.05) is 19.4 Å². The van der Waals surface area contributed by atoms with Crippen LogP contribution in [0.5, 0.6) is 0 Å². The fourth-order valence-corrected chi connectivity index (χ4v) is 1.98. The first-order valence-electron chi connectivity index (χ1n) is 4.26. The molecule has 0 heterocycles. The summed E-state index contributed by atoms with van der Waals surface area (Å²) in [5.41, 5.74) is 0. The summed E-state index contributed by atoms with van der Waals surface area (Å²) in [7, 11) is -3.29. The molecule has 0 amide bonds. The molecular weight excluding hydrogens is 179 g/mol. The summed E-state index contributed by atoms with van der Waals surface area (Å²) in [5.74, 6) is 0. The van der Waals surface area contributed by atoms with E-state index < -0.39 is 13.7 Å². The van der Waals surface area contributed by atoms with E-state index in [0.29, 0.717) is 19.4 Å². The van der Waals surface area contributed by atoms with Crippen molar-refractivity contribution in [2.45, 2.75) is 26.8 Å². The molecule has 0 aromatic carbocycles. The third kappa shape index (κ3) is 3.78. The van der Waals surface area contributed by atoms with Crippen LogP contribution in [0.2, 0.25) is 0 Å². The Morgan fingerprint density at radius 3 is 1.75 bits per heavy atom. The zero-order valence-corrected chi connectivity index (χ0v) is 8.91. The summed E-state index contributed by atoms with van der Waals surface area (Å²) >= 11 is 0. The molecule has 0 unspecified atom stereocenters. The first-order valence-corrected chi connectivity index (χ1v) is 6.44. The van der Waals surface area contributed by atoms with Crippen molar-refractivity contribution in [1.29, 1.82) is 0 Å². The van der Waals surface area contributed by atoms with Crippen molar-refractivity contribution in [1.82, 2.24) is 0 Å². The van der Waals surface area contributed by atoms with Crippen LogP contribution in [0.1, 0.15) is 20.8 Å². The minimum absolute atomic E-state index is 0.317. The first kappa shape index (κ1) is 12.3. The monoisotopic (exact) mass is 198 g/mol. The van der Waals surface area contributed by atoms with Gasteiger partial charge in [0.15, 0.2) is 0 Å². The van der Waals surface area contributed by atoms with Crippen LogP contribution in [0, 0.1) is 0 Å². The van der Waals surface area contributed by atoms with Gasteiger partial charge >= 0.3 is 73.2 Å². The van der Waals surface area contributed by atoms with E-state index in [-0.39, 0.29) is 0 Å². The van der Waals surface area contributed by atoms with Gasteiger partial charge in [-0.3, -0.25) is 0 Å². The van der Waals surface area contributed by atoms with Crippen molar-refractivity contribution in [2.24, 2.45) is 0 Å². The predicted molar refractivity (Wildman–Crippen MR) is 50.3 cm³/mol. The molecule has 0 aliphatic rings. The summed E-state index contributed by atoms with van der Waals surface area (Å²) in [5, 5.41) is 0. The van der Waals surface area contributed by atoms with Crippen LogP contribution in [0.3, 0.4) is 0 Å². The molecule has 0 spiro atoms. The summed E-state index contributed by atoms with van der Waals surface area (Å²) in [6, 6.07) is -0.808. The van der Waals surface area contributed by atoms with Gasteiger partial charge in [0.05, 0.1) is 0 Å². The Morgan fingerprint density at radius 1 is 1.08 bits per heavy atom. The number of rotatable bonds is 6. The summed E-state index contributed by atoms with van der Waals surface area (Å²) < 4.78 is 10.2. The molecule has 4 nitrogen and oxygen atoms in total. The molecule has 5 heteroatoms. The van der Waals surface area contributed by atoms with E-state index in [2.05, 4.69) is 0 Å². The van der Waals surface area contributed by atoms with Crippen molar-refractivity contribution in [3.05, 3.63) is 0 Å². The molecule has 0 rings (SSSR count). The Hall–Kier alpha value is 0.270. The number of ether oxygens (including phenoxy) is 2. The van der Waals surface area contributed by atoms with Gasteiger partial charge in [-0.2, -0.15) is 0 Å². The van der Waals surface area contributed by atoms with Crippen LogP contribution in [0.25, 0.3) is 0 Å². The van der Waals surface area contributed by atoms with Crippen molar-refractivity contribution < 1.29 is 19.3 Å². The van der Waals surface area contributed by atoms with E-state index >= 15 is 0 Å². The third-order valence-electron chi connectivity index (χ3n) is 1.53. The quantitative estimate of drug-likeness (QED) is 0.492. The van der Waals surface area contributed by atoms with Gasteiger partial charge in [-0.1, -0.05) is 0 Å². The van der Waals surface area contributed by atoms with E-state index in [1.165, 1.54) is 0 Å². The van der Waals surface area contributed by atoms with Crippen LogP contribution in [0.4, 0.5) is 0 Å². The average Bonchev–Trinajstić information content (AvgIpc) is 2.04. The molecule has 2 N–H and O–H groups in total. The van der Waals surface area contributed by atoms with Gasteiger partial charge in [-0.25, -0.2) is 0 Å². The Labute approximate surface area is 74.0 Å². The Morgan fingerprint density at radius 2 is 1.50 bits per heavy atom. The second kappa shape index (κ2) is 5.84. The fraction of sp³-hybridized carbons (Fsp3) is 1.00. The molecular formula is C7H19O4P. The summed E-state index contributed by atoms with van der Waals surface area (Å²) in [6.07, 6.45) is 0.317. The van der Waals surface area contributed by atoms with Crippen molar-refractivity contribution >= 4 is 7.72 Å². The second-order valence-corrected chi connectivity index (χ2v) is 5.41. The Balaban J connectivity index is 4.07. The molecule has 12 heavy (non-hydrogen) atoms. The summed E-state index contributed by atoms with van der Waals surface area (Å²) in [6.45, 7) is 6.18. The predicted octanol–water partition coefficient (Wildman–Crippen LogP) is 0.927.